The number of anilines is 2. The third kappa shape index (κ3) is 4.33. The Hall–Kier alpha value is -2.32. The van der Waals surface area contributed by atoms with Gasteiger partial charge >= 0.3 is 0 Å². The lowest BCUT2D eigenvalue weighted by molar-refractivity contribution is 0.0740. The molecular formula is C19H23N5O2S. The minimum Gasteiger partial charge on any atom is -0.612 e. The van der Waals surface area contributed by atoms with Crippen LogP contribution in [0.1, 0.15) is 32.1 Å². The third-order valence-corrected chi connectivity index (χ3v) is 5.81. The molecule has 1 aliphatic carbocycles. The minimum absolute atomic E-state index is 0.468. The predicted octanol–water partition coefficient (Wildman–Crippen LogP) is 3.32. The van der Waals surface area contributed by atoms with Crippen molar-refractivity contribution >= 4 is 34.0 Å². The first-order chi connectivity index (χ1) is 13.2. The molecule has 1 fully saturated rings. The van der Waals surface area contributed by atoms with E-state index in [9.17, 15) is 4.55 Å². The van der Waals surface area contributed by atoms with Gasteiger partial charge in [0.25, 0.3) is 0 Å². The molecule has 8 heteroatoms. The minimum atomic E-state index is -0.992. The van der Waals surface area contributed by atoms with Gasteiger partial charge in [0.2, 0.25) is 11.6 Å². The lowest BCUT2D eigenvalue weighted by Crippen LogP contribution is -2.21. The summed E-state index contributed by atoms with van der Waals surface area (Å²) in [6, 6.07) is 7.38. The molecule has 1 aromatic carbocycles. The highest BCUT2D eigenvalue weighted by Crippen LogP contribution is 2.23. The van der Waals surface area contributed by atoms with Crippen molar-refractivity contribution in [3.63, 3.8) is 0 Å². The van der Waals surface area contributed by atoms with Crippen LogP contribution in [-0.2, 0) is 11.2 Å². The highest BCUT2D eigenvalue weighted by atomic mass is 32.2. The Bertz CT molecular complexity index is 891. The quantitative estimate of drug-likeness (QED) is 0.655. The van der Waals surface area contributed by atoms with Gasteiger partial charge in [-0.15, -0.1) is 0 Å². The van der Waals surface area contributed by atoms with E-state index in [1.807, 2.05) is 24.3 Å². The average Bonchev–Trinajstić information content (AvgIpc) is 3.10. The van der Waals surface area contributed by atoms with Crippen LogP contribution in [-0.4, -0.2) is 37.1 Å². The van der Waals surface area contributed by atoms with Gasteiger partial charge in [-0.2, -0.15) is 9.71 Å². The number of aromatic nitrogens is 4. The normalized spacial score (nSPS) is 16.4. The molecule has 142 valence electrons. The second kappa shape index (κ2) is 8.14. The molecule has 0 radical (unpaired) electrons. The van der Waals surface area contributed by atoms with Gasteiger partial charge in [0.05, 0.1) is 6.20 Å². The van der Waals surface area contributed by atoms with Crippen molar-refractivity contribution in [1.82, 2.24) is 19.7 Å². The van der Waals surface area contributed by atoms with Crippen molar-refractivity contribution in [3.05, 3.63) is 36.8 Å². The van der Waals surface area contributed by atoms with Gasteiger partial charge in [-0.3, -0.25) is 0 Å². The number of fused-ring (bicyclic) bond motifs is 1. The fourth-order valence-electron chi connectivity index (χ4n) is 3.34. The van der Waals surface area contributed by atoms with Gasteiger partial charge < -0.3 is 14.7 Å². The molecule has 1 atom stereocenters. The topological polar surface area (TPSA) is 87.9 Å². The predicted molar refractivity (Wildman–Crippen MR) is 105 cm³/mol. The smallest absolute Gasteiger partial charge is 0.229 e. The van der Waals surface area contributed by atoms with E-state index in [1.165, 1.54) is 32.1 Å². The van der Waals surface area contributed by atoms with Crippen LogP contribution in [0.15, 0.2) is 41.7 Å². The monoisotopic (exact) mass is 385 g/mol. The van der Waals surface area contributed by atoms with Crippen LogP contribution in [0.3, 0.4) is 0 Å². The molecule has 0 spiro atoms. The Kier molecular flexibility index (Phi) is 5.45. The van der Waals surface area contributed by atoms with Gasteiger partial charge in [-0.25, -0.2) is 9.97 Å². The zero-order chi connectivity index (χ0) is 18.6. The molecule has 0 bridgehead atoms. The molecule has 3 aromatic rings. The lowest BCUT2D eigenvalue weighted by Gasteiger charge is -2.21. The summed E-state index contributed by atoms with van der Waals surface area (Å²) in [5.74, 6) is 1.08. The van der Waals surface area contributed by atoms with Crippen molar-refractivity contribution in [3.8, 4) is 0 Å². The molecule has 4 rings (SSSR count). The van der Waals surface area contributed by atoms with Gasteiger partial charge in [-0.1, -0.05) is 19.3 Å². The number of hydrogen-bond acceptors (Lipinski definition) is 6. The van der Waals surface area contributed by atoms with Crippen LogP contribution in [0.5, 0.6) is 0 Å². The standard InChI is InChI=1S/C19H23N5O2S/c1-27(25)16-9-7-15(8-10-16)22-19-20-11-17-18(23-19)24(13-21-17)26-12-14-5-3-2-4-6-14/h7-11,13-14H,2-6,12H2,1H3,(H,20,22,23). The van der Waals surface area contributed by atoms with E-state index in [4.69, 9.17) is 4.84 Å². The number of rotatable bonds is 6. The SMILES string of the molecule is C[S+]([O-])c1ccc(Nc2ncc3ncn(OCC4CCCCC4)c3n2)cc1. The average molecular weight is 385 g/mol. The number of benzene rings is 1. The van der Waals surface area contributed by atoms with Crippen molar-refractivity contribution < 1.29 is 9.39 Å². The summed E-state index contributed by atoms with van der Waals surface area (Å²) in [5.41, 5.74) is 2.17. The Morgan fingerprint density at radius 3 is 2.70 bits per heavy atom. The van der Waals surface area contributed by atoms with E-state index < -0.39 is 11.2 Å². The van der Waals surface area contributed by atoms with Crippen LogP contribution in [0, 0.1) is 5.92 Å². The molecule has 1 aliphatic rings. The molecule has 0 aliphatic heterocycles. The van der Waals surface area contributed by atoms with E-state index in [0.717, 1.165) is 10.6 Å². The Balaban J connectivity index is 1.47. The first-order valence-corrected chi connectivity index (χ1v) is 10.8. The Labute approximate surface area is 161 Å². The van der Waals surface area contributed by atoms with Crippen LogP contribution in [0.25, 0.3) is 11.2 Å². The second-order valence-corrected chi connectivity index (χ2v) is 8.26. The largest absolute Gasteiger partial charge is 0.612 e. The maximum Gasteiger partial charge on any atom is 0.229 e. The summed E-state index contributed by atoms with van der Waals surface area (Å²) in [6.45, 7) is 0.688. The van der Waals surface area contributed by atoms with Gasteiger partial charge in [0.15, 0.2) is 4.90 Å². The third-order valence-electron chi connectivity index (χ3n) is 4.88. The maximum atomic E-state index is 11.5. The van der Waals surface area contributed by atoms with Crippen LogP contribution < -0.4 is 10.2 Å². The summed E-state index contributed by atoms with van der Waals surface area (Å²) in [7, 11) is 0. The molecule has 27 heavy (non-hydrogen) atoms. The van der Waals surface area contributed by atoms with Gasteiger partial charge in [0, 0.05) is 5.69 Å². The van der Waals surface area contributed by atoms with Crippen molar-refractivity contribution in [1.29, 1.82) is 0 Å². The molecular weight excluding hydrogens is 362 g/mol. The van der Waals surface area contributed by atoms with Crippen molar-refractivity contribution in [2.75, 3.05) is 18.2 Å². The summed E-state index contributed by atoms with van der Waals surface area (Å²) >= 11 is -0.992. The van der Waals surface area contributed by atoms with E-state index in [-0.39, 0.29) is 0 Å². The number of hydrogen-bond donors (Lipinski definition) is 1. The molecule has 1 N–H and O–H groups in total. The molecule has 0 saturated heterocycles. The fraction of sp³-hybridized carbons (Fsp3) is 0.421. The molecule has 1 unspecified atom stereocenters. The van der Waals surface area contributed by atoms with Crippen molar-refractivity contribution in [2.45, 2.75) is 37.0 Å². The van der Waals surface area contributed by atoms with Crippen LogP contribution >= 0.6 is 0 Å². The van der Waals surface area contributed by atoms with E-state index in [1.54, 1.807) is 23.5 Å². The van der Waals surface area contributed by atoms with E-state index in [2.05, 4.69) is 20.3 Å². The number of nitrogens with zero attached hydrogens (tertiary/aromatic N) is 4. The second-order valence-electron chi connectivity index (χ2n) is 6.88. The highest BCUT2D eigenvalue weighted by Gasteiger charge is 2.15. The molecule has 2 heterocycles. The Morgan fingerprint density at radius 1 is 1.19 bits per heavy atom. The fourth-order valence-corrected chi connectivity index (χ4v) is 3.86. The van der Waals surface area contributed by atoms with Gasteiger partial charge in [-0.05, 0) is 54.2 Å². The summed E-state index contributed by atoms with van der Waals surface area (Å²) in [6.07, 6.45) is 11.4. The highest BCUT2D eigenvalue weighted by molar-refractivity contribution is 7.90. The van der Waals surface area contributed by atoms with Crippen molar-refractivity contribution in [2.24, 2.45) is 5.92 Å². The number of imidazole rings is 1. The summed E-state index contributed by atoms with van der Waals surface area (Å²) < 4.78 is 13.1. The number of nitrogens with one attached hydrogen (secondary N) is 1. The zero-order valence-electron chi connectivity index (χ0n) is 15.3. The first-order valence-electron chi connectivity index (χ1n) is 9.23. The molecule has 7 nitrogen and oxygen atoms in total. The Morgan fingerprint density at radius 2 is 1.96 bits per heavy atom. The molecule has 0 amide bonds. The lowest BCUT2D eigenvalue weighted by atomic mass is 9.90. The van der Waals surface area contributed by atoms with Crippen LogP contribution in [0.4, 0.5) is 11.6 Å². The van der Waals surface area contributed by atoms with Gasteiger partial charge in [0.1, 0.15) is 24.7 Å². The molecule has 1 saturated carbocycles. The van der Waals surface area contributed by atoms with E-state index >= 15 is 0 Å². The van der Waals surface area contributed by atoms with E-state index in [0.29, 0.717) is 29.6 Å². The van der Waals surface area contributed by atoms with Crippen LogP contribution in [0.2, 0.25) is 0 Å². The maximum absolute atomic E-state index is 11.5. The summed E-state index contributed by atoms with van der Waals surface area (Å²) in [5, 5.41) is 3.17. The summed E-state index contributed by atoms with van der Waals surface area (Å²) in [4.78, 5) is 19.9. The first kappa shape index (κ1) is 18.1. The zero-order valence-corrected chi connectivity index (χ0v) is 16.1. The molecule has 2 aromatic heterocycles.